The molecule has 1 saturated carbocycles. The molecule has 1 aliphatic carbocycles. The third kappa shape index (κ3) is 6.09. The number of aromatic hydroxyl groups is 1. The summed E-state index contributed by atoms with van der Waals surface area (Å²) in [5.74, 6) is 2.33. The molecule has 2 atom stereocenters. The zero-order chi connectivity index (χ0) is 39.3. The third-order valence-electron chi connectivity index (χ3n) is 14.1. The molecule has 0 radical (unpaired) electrons. The second-order valence-corrected chi connectivity index (χ2v) is 18.1. The highest BCUT2D eigenvalue weighted by Gasteiger charge is 2.48. The first-order valence-corrected chi connectivity index (χ1v) is 21.1. The van der Waals surface area contributed by atoms with Gasteiger partial charge in [0, 0.05) is 98.9 Å². The lowest BCUT2D eigenvalue weighted by Crippen LogP contribution is -2.56. The summed E-state index contributed by atoms with van der Waals surface area (Å²) < 4.78 is 53.2. The first-order valence-electron chi connectivity index (χ1n) is 21.1. The molecule has 6 fully saturated rings. The summed E-state index contributed by atoms with van der Waals surface area (Å²) >= 11 is 0. The molecular formula is C45H49F2N7O4. The van der Waals surface area contributed by atoms with E-state index in [0.717, 1.165) is 110 Å². The summed E-state index contributed by atoms with van der Waals surface area (Å²) in [7, 11) is 1.79. The highest BCUT2D eigenvalue weighted by molar-refractivity contribution is 6.18. The minimum Gasteiger partial charge on any atom is -0.508 e. The molecule has 58 heavy (non-hydrogen) atoms. The number of fused-ring (bicyclic) bond motifs is 6. The van der Waals surface area contributed by atoms with Gasteiger partial charge in [-0.25, -0.2) is 8.78 Å². The average molecular weight is 790 g/mol. The Morgan fingerprint density at radius 3 is 2.47 bits per heavy atom. The first-order chi connectivity index (χ1) is 28.2. The van der Waals surface area contributed by atoms with E-state index in [0.29, 0.717) is 45.4 Å². The van der Waals surface area contributed by atoms with Gasteiger partial charge in [-0.15, -0.1) is 6.42 Å². The lowest BCUT2D eigenvalue weighted by atomic mass is 9.88. The van der Waals surface area contributed by atoms with Crippen LogP contribution in [0, 0.1) is 35.3 Å². The van der Waals surface area contributed by atoms with E-state index in [-0.39, 0.29) is 57.1 Å². The van der Waals surface area contributed by atoms with E-state index in [1.54, 1.807) is 17.8 Å². The van der Waals surface area contributed by atoms with E-state index in [2.05, 4.69) is 20.6 Å². The van der Waals surface area contributed by atoms with Crippen LogP contribution in [0.5, 0.6) is 11.8 Å². The number of phenolic OH excluding ortho intramolecular Hbond substituents is 1. The minimum atomic E-state index is -0.651. The van der Waals surface area contributed by atoms with Crippen molar-refractivity contribution in [3.05, 3.63) is 47.7 Å². The Morgan fingerprint density at radius 1 is 0.983 bits per heavy atom. The van der Waals surface area contributed by atoms with Crippen LogP contribution in [0.1, 0.15) is 56.9 Å². The highest BCUT2D eigenvalue weighted by atomic mass is 19.1. The summed E-state index contributed by atoms with van der Waals surface area (Å²) in [5.41, 5.74) is 0.823. The summed E-state index contributed by atoms with van der Waals surface area (Å²) in [4.78, 5) is 17.6. The molecule has 7 heterocycles. The van der Waals surface area contributed by atoms with E-state index >= 15 is 8.78 Å². The number of likely N-dealkylation sites (tertiary alicyclic amines) is 2. The molecule has 0 amide bonds. The zero-order valence-corrected chi connectivity index (χ0v) is 33.0. The molecule has 1 spiro atoms. The predicted octanol–water partition coefficient (Wildman–Crippen LogP) is 6.41. The van der Waals surface area contributed by atoms with Crippen molar-refractivity contribution in [2.24, 2.45) is 18.4 Å². The topological polar surface area (TPSA) is 101 Å². The number of benzene rings is 3. The Bertz CT molecular complexity index is 2480. The van der Waals surface area contributed by atoms with Gasteiger partial charge in [-0.05, 0) is 80.5 Å². The number of hydrogen-bond acceptors (Lipinski definition) is 10. The molecule has 3 aromatic carbocycles. The molecule has 5 aliphatic heterocycles. The molecule has 2 bridgehead atoms. The second-order valence-electron chi connectivity index (χ2n) is 18.1. The van der Waals surface area contributed by atoms with Gasteiger partial charge in [0.15, 0.2) is 5.82 Å². The van der Waals surface area contributed by atoms with Crippen molar-refractivity contribution < 1.29 is 28.1 Å². The Morgan fingerprint density at radius 2 is 1.78 bits per heavy atom. The minimum absolute atomic E-state index is 0.0113. The van der Waals surface area contributed by atoms with Crippen molar-refractivity contribution in [3.8, 4) is 35.2 Å². The Hall–Kier alpha value is -4.61. The molecule has 5 saturated heterocycles. The molecule has 13 heteroatoms. The molecule has 302 valence electrons. The molecule has 2 aromatic heterocycles. The summed E-state index contributed by atoms with van der Waals surface area (Å²) in [5, 5.41) is 17.8. The van der Waals surface area contributed by atoms with Crippen molar-refractivity contribution in [1.82, 2.24) is 29.5 Å². The maximum Gasteiger partial charge on any atom is 0.319 e. The van der Waals surface area contributed by atoms with Crippen LogP contribution in [0.25, 0.3) is 43.7 Å². The molecular weight excluding hydrogens is 741 g/mol. The smallest absolute Gasteiger partial charge is 0.319 e. The Labute approximate surface area is 336 Å². The highest BCUT2D eigenvalue weighted by Crippen LogP contribution is 2.49. The van der Waals surface area contributed by atoms with E-state index in [9.17, 15) is 5.11 Å². The number of piperazine rings is 1. The normalized spacial score (nSPS) is 24.3. The van der Waals surface area contributed by atoms with Crippen molar-refractivity contribution in [3.63, 3.8) is 0 Å². The molecule has 6 aliphatic rings. The number of aromatic nitrogens is 4. The predicted molar refractivity (Wildman–Crippen MR) is 217 cm³/mol. The van der Waals surface area contributed by atoms with Crippen LogP contribution in [-0.2, 0) is 16.5 Å². The van der Waals surface area contributed by atoms with Gasteiger partial charge in [-0.2, -0.15) is 15.1 Å². The monoisotopic (exact) mass is 789 g/mol. The van der Waals surface area contributed by atoms with Crippen LogP contribution in [0.15, 0.2) is 30.5 Å². The maximum absolute atomic E-state index is 17.9. The van der Waals surface area contributed by atoms with Gasteiger partial charge >= 0.3 is 6.01 Å². The van der Waals surface area contributed by atoms with Gasteiger partial charge in [-0.1, -0.05) is 12.0 Å². The van der Waals surface area contributed by atoms with Gasteiger partial charge < -0.3 is 29.1 Å². The maximum atomic E-state index is 17.9. The van der Waals surface area contributed by atoms with Crippen LogP contribution in [0.4, 0.5) is 14.6 Å². The fourth-order valence-corrected chi connectivity index (χ4v) is 10.9. The van der Waals surface area contributed by atoms with E-state index in [1.165, 1.54) is 18.2 Å². The fraction of sp³-hybridized carbons (Fsp3) is 0.533. The molecule has 11 nitrogen and oxygen atoms in total. The van der Waals surface area contributed by atoms with E-state index in [4.69, 9.17) is 35.7 Å². The number of halogens is 2. The average Bonchev–Trinajstić information content (AvgIpc) is 3.46. The number of aryl methyl sites for hydroxylation is 1. The number of ether oxygens (including phenoxy) is 3. The van der Waals surface area contributed by atoms with Crippen LogP contribution in [0.3, 0.4) is 0 Å². The Kier molecular flexibility index (Phi) is 8.63. The lowest BCUT2D eigenvalue weighted by Gasteiger charge is -2.44. The standard InChI is InChI=1S/C45H49F2N7O4/c1-3-32-35(46)8-5-28-17-31(55)18-33(36(28)32)37-39(47)41-38(34-22-51(2)50-40(34)37)42(54-29-6-7-30(54)21-53(20-29)19-27-23-56-24-27)49-43(48-41)57-26-44(10-11-44)25-52-14-12-45(13-15-52)9-4-16-58-45/h1,5,8,17-18,22,27,29-30,55H,4,6-7,9-16,19-21,23-26H2,2H3. The number of nitrogens with zero attached hydrogens (tertiary/aromatic N) is 7. The number of piperidine rings is 1. The van der Waals surface area contributed by atoms with Crippen molar-refractivity contribution in [2.45, 2.75) is 69.1 Å². The van der Waals surface area contributed by atoms with Gasteiger partial charge in [0.1, 0.15) is 28.4 Å². The van der Waals surface area contributed by atoms with Crippen molar-refractivity contribution >= 4 is 38.4 Å². The van der Waals surface area contributed by atoms with Gasteiger partial charge in [0.05, 0.1) is 36.4 Å². The fourth-order valence-electron chi connectivity index (χ4n) is 10.9. The number of terminal acetylenes is 1. The van der Waals surface area contributed by atoms with Crippen molar-refractivity contribution in [1.29, 1.82) is 0 Å². The molecule has 2 unspecified atom stereocenters. The SMILES string of the molecule is C#Cc1c(F)ccc2cc(O)cc(-c3c(F)c4nc(OCC5(CN6CCC7(CCCO7)CC6)CC5)nc(N5C6CCC5CN(CC5COC5)C6)c4c4cn(C)nc34)c12. The van der Waals surface area contributed by atoms with Crippen LogP contribution < -0.4 is 9.64 Å². The number of phenols is 1. The largest absolute Gasteiger partial charge is 0.508 e. The zero-order valence-electron chi connectivity index (χ0n) is 33.0. The number of hydrogen-bond donors (Lipinski definition) is 1. The van der Waals surface area contributed by atoms with E-state index < -0.39 is 11.6 Å². The quantitative estimate of drug-likeness (QED) is 0.169. The Balaban J connectivity index is 1.02. The lowest BCUT2D eigenvalue weighted by molar-refractivity contribution is -0.0484. The first kappa shape index (κ1) is 36.5. The third-order valence-corrected chi connectivity index (χ3v) is 14.1. The number of rotatable bonds is 9. The summed E-state index contributed by atoms with van der Waals surface area (Å²) in [6.07, 6.45) is 16.3. The summed E-state index contributed by atoms with van der Waals surface area (Å²) in [6.45, 7) is 8.69. The van der Waals surface area contributed by atoms with Crippen LogP contribution in [-0.4, -0.2) is 118 Å². The van der Waals surface area contributed by atoms with Crippen LogP contribution >= 0.6 is 0 Å². The number of anilines is 1. The van der Waals surface area contributed by atoms with Gasteiger partial charge in [0.25, 0.3) is 0 Å². The van der Waals surface area contributed by atoms with E-state index in [1.807, 2.05) is 6.20 Å². The second kappa shape index (κ2) is 13.7. The van der Waals surface area contributed by atoms with Gasteiger partial charge in [0.2, 0.25) is 0 Å². The van der Waals surface area contributed by atoms with Gasteiger partial charge in [-0.3, -0.25) is 9.58 Å². The molecule has 1 N–H and O–H groups in total. The van der Waals surface area contributed by atoms with Crippen LogP contribution in [0.2, 0.25) is 0 Å². The molecule has 11 rings (SSSR count). The van der Waals surface area contributed by atoms with Crippen molar-refractivity contribution in [2.75, 3.05) is 70.6 Å². The molecule has 5 aromatic rings. The summed E-state index contributed by atoms with van der Waals surface area (Å²) in [6, 6.07) is 6.25.